The molecule has 0 saturated heterocycles. The summed E-state index contributed by atoms with van der Waals surface area (Å²) < 4.78 is 21.9. The number of guanidine groups is 1. The van der Waals surface area contributed by atoms with E-state index in [2.05, 4.69) is 29.5 Å². The molecule has 1 rings (SSSR count). The molecule has 1 fully saturated rings. The molecule has 8 heteroatoms. The maximum Gasteiger partial charge on any atom is 0.210 e. The van der Waals surface area contributed by atoms with Gasteiger partial charge in [-0.25, -0.2) is 13.6 Å². The number of primary sulfonamides is 1. The number of rotatable bonds is 8. The summed E-state index contributed by atoms with van der Waals surface area (Å²) in [5.74, 6) is 1.27. The summed E-state index contributed by atoms with van der Waals surface area (Å²) in [6.45, 7) is 8.32. The van der Waals surface area contributed by atoms with Gasteiger partial charge in [0.25, 0.3) is 0 Å². The van der Waals surface area contributed by atoms with Crippen molar-refractivity contribution in [3.05, 3.63) is 0 Å². The van der Waals surface area contributed by atoms with Gasteiger partial charge in [-0.05, 0) is 37.5 Å². The van der Waals surface area contributed by atoms with Gasteiger partial charge in [0.05, 0.1) is 5.75 Å². The van der Waals surface area contributed by atoms with E-state index in [0.717, 1.165) is 13.1 Å². The Morgan fingerprint density at radius 2 is 1.95 bits per heavy atom. The highest BCUT2D eigenvalue weighted by Gasteiger charge is 2.37. The lowest BCUT2D eigenvalue weighted by Crippen LogP contribution is -2.42. The normalized spacial score (nSPS) is 17.6. The maximum atomic E-state index is 10.9. The number of aliphatic imine (C=N–C) groups is 1. The number of nitrogens with two attached hydrogens (primary N) is 1. The first kappa shape index (κ1) is 21.9. The Morgan fingerprint density at radius 3 is 2.36 bits per heavy atom. The van der Waals surface area contributed by atoms with Crippen LogP contribution in [0.5, 0.6) is 0 Å². The Balaban J connectivity index is 0.00000441. The Labute approximate surface area is 152 Å². The summed E-state index contributed by atoms with van der Waals surface area (Å²) in [5.41, 5.74) is 0.344. The van der Waals surface area contributed by atoms with Crippen LogP contribution in [0, 0.1) is 11.3 Å². The van der Waals surface area contributed by atoms with Gasteiger partial charge in [0.15, 0.2) is 5.96 Å². The number of halogens is 1. The quantitative estimate of drug-likeness (QED) is 0.300. The van der Waals surface area contributed by atoms with Crippen molar-refractivity contribution in [2.24, 2.45) is 21.5 Å². The molecule has 0 atom stereocenters. The van der Waals surface area contributed by atoms with Crippen LogP contribution < -0.4 is 15.8 Å². The van der Waals surface area contributed by atoms with Crippen molar-refractivity contribution in [1.82, 2.24) is 10.6 Å². The van der Waals surface area contributed by atoms with Gasteiger partial charge in [0.1, 0.15) is 0 Å². The molecule has 1 aliphatic carbocycles. The molecule has 1 saturated carbocycles. The second-order valence-corrected chi connectivity index (χ2v) is 8.17. The Morgan fingerprint density at radius 1 is 1.32 bits per heavy atom. The third kappa shape index (κ3) is 8.52. The highest BCUT2D eigenvalue weighted by molar-refractivity contribution is 14.0. The van der Waals surface area contributed by atoms with Gasteiger partial charge in [0, 0.05) is 19.6 Å². The van der Waals surface area contributed by atoms with E-state index >= 15 is 0 Å². The Bertz CT molecular complexity index is 448. The fourth-order valence-electron chi connectivity index (χ4n) is 2.87. The van der Waals surface area contributed by atoms with Crippen molar-refractivity contribution in [3.63, 3.8) is 0 Å². The minimum Gasteiger partial charge on any atom is -0.357 e. The molecule has 1 aliphatic rings. The van der Waals surface area contributed by atoms with Gasteiger partial charge in [-0.15, -0.1) is 24.0 Å². The van der Waals surface area contributed by atoms with Crippen LogP contribution in [0.15, 0.2) is 4.99 Å². The number of sulfonamides is 1. The van der Waals surface area contributed by atoms with E-state index in [1.54, 1.807) is 0 Å². The van der Waals surface area contributed by atoms with Gasteiger partial charge in [0.2, 0.25) is 10.0 Å². The van der Waals surface area contributed by atoms with Gasteiger partial charge in [-0.2, -0.15) is 0 Å². The summed E-state index contributed by atoms with van der Waals surface area (Å²) in [5, 5.41) is 11.2. The van der Waals surface area contributed by atoms with Crippen molar-refractivity contribution < 1.29 is 8.42 Å². The molecule has 0 aromatic rings. The van der Waals surface area contributed by atoms with Crippen LogP contribution in [0.3, 0.4) is 0 Å². The predicted molar refractivity (Wildman–Crippen MR) is 103 cm³/mol. The molecule has 6 nitrogen and oxygen atoms in total. The smallest absolute Gasteiger partial charge is 0.210 e. The third-order valence-corrected chi connectivity index (χ3v) is 4.62. The van der Waals surface area contributed by atoms with Crippen molar-refractivity contribution >= 4 is 40.0 Å². The zero-order chi connectivity index (χ0) is 15.9. The lowest BCUT2D eigenvalue weighted by Gasteiger charge is -2.42. The van der Waals surface area contributed by atoms with Crippen LogP contribution in [0.25, 0.3) is 0 Å². The number of nitrogens with zero attached hydrogens (tertiary/aromatic N) is 1. The fraction of sp³-hybridized carbons (Fsp3) is 0.929. The van der Waals surface area contributed by atoms with Crippen LogP contribution in [0.2, 0.25) is 0 Å². The van der Waals surface area contributed by atoms with Crippen LogP contribution in [0.1, 0.15) is 46.5 Å². The van der Waals surface area contributed by atoms with E-state index in [4.69, 9.17) is 5.14 Å². The van der Waals surface area contributed by atoms with Crippen molar-refractivity contribution in [1.29, 1.82) is 0 Å². The fourth-order valence-corrected chi connectivity index (χ4v) is 3.26. The van der Waals surface area contributed by atoms with Crippen LogP contribution in [-0.4, -0.2) is 39.8 Å². The molecule has 0 radical (unpaired) electrons. The highest BCUT2D eigenvalue weighted by atomic mass is 127. The van der Waals surface area contributed by atoms with E-state index in [0.29, 0.717) is 17.3 Å². The van der Waals surface area contributed by atoms with Gasteiger partial charge in [-0.3, -0.25) is 4.99 Å². The molecule has 0 aromatic heterocycles. The van der Waals surface area contributed by atoms with E-state index in [1.807, 2.05) is 6.92 Å². The van der Waals surface area contributed by atoms with E-state index in [1.165, 1.54) is 25.7 Å². The van der Waals surface area contributed by atoms with Crippen molar-refractivity contribution in [2.45, 2.75) is 46.5 Å². The molecule has 132 valence electrons. The average Bonchev–Trinajstić information content (AvgIpc) is 2.30. The molecule has 0 heterocycles. The molecular weight excluding hydrogens is 415 g/mol. The highest BCUT2D eigenvalue weighted by Crippen LogP contribution is 2.46. The second-order valence-electron chi connectivity index (χ2n) is 6.44. The molecule has 0 unspecified atom stereocenters. The number of hydrogen-bond acceptors (Lipinski definition) is 3. The lowest BCUT2D eigenvalue weighted by atomic mass is 9.64. The molecule has 4 N–H and O–H groups in total. The molecule has 0 aliphatic heterocycles. The minimum absolute atomic E-state index is 0. The number of nitrogens with one attached hydrogen (secondary N) is 2. The van der Waals surface area contributed by atoms with Gasteiger partial charge in [-0.1, -0.05) is 20.3 Å². The molecule has 0 bridgehead atoms. The number of hydrogen-bond donors (Lipinski definition) is 3. The Hall–Kier alpha value is -0.0900. The summed E-state index contributed by atoms with van der Waals surface area (Å²) in [6, 6.07) is 0. The largest absolute Gasteiger partial charge is 0.357 e. The van der Waals surface area contributed by atoms with Crippen molar-refractivity contribution in [2.75, 3.05) is 25.4 Å². The molecule has 22 heavy (non-hydrogen) atoms. The topological polar surface area (TPSA) is 96.6 Å². The summed E-state index contributed by atoms with van der Waals surface area (Å²) in [6.07, 6.45) is 4.97. The first-order valence-corrected chi connectivity index (χ1v) is 9.50. The van der Waals surface area contributed by atoms with Crippen LogP contribution in [-0.2, 0) is 10.0 Å². The maximum absolute atomic E-state index is 10.9. The van der Waals surface area contributed by atoms with Crippen LogP contribution >= 0.6 is 24.0 Å². The summed E-state index contributed by atoms with van der Waals surface area (Å²) >= 11 is 0. The first-order valence-electron chi connectivity index (χ1n) is 7.79. The summed E-state index contributed by atoms with van der Waals surface area (Å²) in [4.78, 5) is 4.64. The molecule has 0 spiro atoms. The van der Waals surface area contributed by atoms with E-state index < -0.39 is 10.0 Å². The van der Waals surface area contributed by atoms with Crippen molar-refractivity contribution in [3.8, 4) is 0 Å². The summed E-state index contributed by atoms with van der Waals surface area (Å²) in [7, 11) is -3.43. The zero-order valence-electron chi connectivity index (χ0n) is 13.9. The van der Waals surface area contributed by atoms with E-state index in [9.17, 15) is 8.42 Å². The monoisotopic (exact) mass is 446 g/mol. The lowest BCUT2D eigenvalue weighted by molar-refractivity contribution is 0.111. The molecule has 0 amide bonds. The minimum atomic E-state index is -3.43. The Kier molecular flexibility index (Phi) is 9.88. The van der Waals surface area contributed by atoms with Gasteiger partial charge >= 0.3 is 0 Å². The molecular formula is C14H31IN4O2S. The zero-order valence-corrected chi connectivity index (χ0v) is 17.0. The predicted octanol–water partition coefficient (Wildman–Crippen LogP) is 1.66. The third-order valence-electron chi connectivity index (χ3n) is 3.85. The first-order chi connectivity index (χ1) is 9.76. The average molecular weight is 446 g/mol. The van der Waals surface area contributed by atoms with Crippen LogP contribution in [0.4, 0.5) is 0 Å². The second kappa shape index (κ2) is 9.92. The molecule has 0 aromatic carbocycles. The standard InChI is InChI=1S/C14H30N4O2S.HI/c1-4-16-13(17-8-9-21(15,19)20)18-11-14(6-5-7-14)10-12(2)3;/h12H,4-11H2,1-3H3,(H2,15,19,20)(H2,16,17,18);1H. The van der Waals surface area contributed by atoms with Gasteiger partial charge < -0.3 is 10.6 Å². The SMILES string of the molecule is CCNC(=NCC1(CC(C)C)CCC1)NCCS(N)(=O)=O.I. The van der Waals surface area contributed by atoms with E-state index in [-0.39, 0.29) is 36.3 Å².